The van der Waals surface area contributed by atoms with Crippen LogP contribution in [0.15, 0.2) is 0 Å². The fourth-order valence-electron chi connectivity index (χ4n) is 1.62. The molecule has 1 fully saturated rings. The molecule has 5 heteroatoms. The molecule has 0 heterocycles. The Morgan fingerprint density at radius 2 is 2.00 bits per heavy atom. The van der Waals surface area contributed by atoms with Gasteiger partial charge in [0.1, 0.15) is 0 Å². The standard InChI is InChI=1S/C10H16ClF3O/c1-9(2)7(11)6-8(9)15-5-3-4-10(12,13)14/h7-8H,3-6H2,1-2H3. The van der Waals surface area contributed by atoms with E-state index in [1.807, 2.05) is 13.8 Å². The average Bonchev–Trinajstić information content (AvgIpc) is 2.08. The van der Waals surface area contributed by atoms with Gasteiger partial charge in [-0.1, -0.05) is 13.8 Å². The molecule has 0 aromatic rings. The lowest BCUT2D eigenvalue weighted by atomic mass is 9.68. The lowest BCUT2D eigenvalue weighted by molar-refractivity contribution is -0.144. The topological polar surface area (TPSA) is 9.23 Å². The van der Waals surface area contributed by atoms with Crippen molar-refractivity contribution < 1.29 is 17.9 Å². The van der Waals surface area contributed by atoms with Crippen molar-refractivity contribution in [1.82, 2.24) is 0 Å². The second-order valence-corrected chi connectivity index (χ2v) is 5.13. The molecule has 2 atom stereocenters. The SMILES string of the molecule is CC1(C)C(Cl)CC1OCCCC(F)(F)F. The molecule has 15 heavy (non-hydrogen) atoms. The van der Waals surface area contributed by atoms with Crippen LogP contribution in [0.4, 0.5) is 13.2 Å². The van der Waals surface area contributed by atoms with Crippen LogP contribution in [-0.4, -0.2) is 24.3 Å². The minimum atomic E-state index is -4.08. The minimum Gasteiger partial charge on any atom is -0.378 e. The number of alkyl halides is 4. The summed E-state index contributed by atoms with van der Waals surface area (Å²) in [6.07, 6.45) is -4.07. The largest absolute Gasteiger partial charge is 0.389 e. The first-order valence-corrected chi connectivity index (χ1v) is 5.49. The van der Waals surface area contributed by atoms with E-state index in [-0.39, 0.29) is 29.9 Å². The van der Waals surface area contributed by atoms with Gasteiger partial charge in [-0.15, -0.1) is 11.6 Å². The number of hydrogen-bond donors (Lipinski definition) is 0. The first kappa shape index (κ1) is 13.1. The van der Waals surface area contributed by atoms with Gasteiger partial charge in [0.2, 0.25) is 0 Å². The van der Waals surface area contributed by atoms with Crippen LogP contribution in [0.2, 0.25) is 0 Å². The zero-order chi connectivity index (χ0) is 11.7. The van der Waals surface area contributed by atoms with Crippen molar-refractivity contribution >= 4 is 11.6 Å². The second-order valence-electron chi connectivity index (χ2n) is 4.60. The highest BCUT2D eigenvalue weighted by Gasteiger charge is 2.47. The average molecular weight is 245 g/mol. The van der Waals surface area contributed by atoms with Crippen molar-refractivity contribution in [3.05, 3.63) is 0 Å². The maximum Gasteiger partial charge on any atom is 0.389 e. The van der Waals surface area contributed by atoms with E-state index in [0.29, 0.717) is 0 Å². The van der Waals surface area contributed by atoms with Crippen molar-refractivity contribution in [3.63, 3.8) is 0 Å². The zero-order valence-corrected chi connectivity index (χ0v) is 9.66. The van der Waals surface area contributed by atoms with Crippen LogP contribution in [-0.2, 0) is 4.74 Å². The van der Waals surface area contributed by atoms with Gasteiger partial charge >= 0.3 is 6.18 Å². The number of ether oxygens (including phenoxy) is 1. The number of rotatable bonds is 4. The predicted molar refractivity (Wildman–Crippen MR) is 53.1 cm³/mol. The highest BCUT2D eigenvalue weighted by molar-refractivity contribution is 6.21. The van der Waals surface area contributed by atoms with Crippen molar-refractivity contribution in [3.8, 4) is 0 Å². The normalized spacial score (nSPS) is 30.0. The lowest BCUT2D eigenvalue weighted by Crippen LogP contribution is -2.51. The summed E-state index contributed by atoms with van der Waals surface area (Å²) in [5, 5.41) is 0.0742. The molecule has 0 aromatic carbocycles. The van der Waals surface area contributed by atoms with Crippen LogP contribution < -0.4 is 0 Å². The van der Waals surface area contributed by atoms with Crippen LogP contribution in [0.5, 0.6) is 0 Å². The van der Waals surface area contributed by atoms with Gasteiger partial charge in [-0.2, -0.15) is 13.2 Å². The monoisotopic (exact) mass is 244 g/mol. The molecule has 0 amide bonds. The van der Waals surface area contributed by atoms with Crippen molar-refractivity contribution in [2.75, 3.05) is 6.61 Å². The Hall–Kier alpha value is 0.0400. The maximum absolute atomic E-state index is 11.8. The van der Waals surface area contributed by atoms with Crippen LogP contribution in [0.1, 0.15) is 33.1 Å². The van der Waals surface area contributed by atoms with Gasteiger partial charge in [-0.25, -0.2) is 0 Å². The first-order chi connectivity index (χ1) is 6.73. The highest BCUT2D eigenvalue weighted by atomic mass is 35.5. The molecular formula is C10H16ClF3O. The van der Waals surface area contributed by atoms with Gasteiger partial charge in [0.15, 0.2) is 0 Å². The summed E-state index contributed by atoms with van der Waals surface area (Å²) in [5.41, 5.74) is -0.111. The van der Waals surface area contributed by atoms with Gasteiger partial charge in [0.05, 0.1) is 6.10 Å². The molecule has 1 saturated carbocycles. The summed E-state index contributed by atoms with van der Waals surface area (Å²) in [4.78, 5) is 0. The van der Waals surface area contributed by atoms with E-state index < -0.39 is 12.6 Å². The molecular weight excluding hydrogens is 229 g/mol. The molecule has 0 aliphatic heterocycles. The minimum absolute atomic E-state index is 0.00762. The van der Waals surface area contributed by atoms with Gasteiger partial charge in [-0.05, 0) is 12.8 Å². The van der Waals surface area contributed by atoms with Crippen LogP contribution in [0.25, 0.3) is 0 Å². The third-order valence-electron chi connectivity index (χ3n) is 2.98. The Morgan fingerprint density at radius 3 is 2.40 bits per heavy atom. The van der Waals surface area contributed by atoms with Gasteiger partial charge in [-0.3, -0.25) is 0 Å². The van der Waals surface area contributed by atoms with Crippen LogP contribution >= 0.6 is 11.6 Å². The first-order valence-electron chi connectivity index (χ1n) is 5.06. The molecule has 0 spiro atoms. The fourth-order valence-corrected chi connectivity index (χ4v) is 1.92. The summed E-state index contributed by atoms with van der Waals surface area (Å²) in [5.74, 6) is 0. The van der Waals surface area contributed by atoms with E-state index in [4.69, 9.17) is 16.3 Å². The van der Waals surface area contributed by atoms with E-state index in [2.05, 4.69) is 0 Å². The predicted octanol–water partition coefficient (Wildman–Crippen LogP) is 3.75. The Labute approximate surface area is 92.9 Å². The lowest BCUT2D eigenvalue weighted by Gasteiger charge is -2.48. The Morgan fingerprint density at radius 1 is 1.40 bits per heavy atom. The van der Waals surface area contributed by atoms with Gasteiger partial charge in [0.25, 0.3) is 0 Å². The molecule has 0 aromatic heterocycles. The molecule has 0 N–H and O–H groups in total. The fraction of sp³-hybridized carbons (Fsp3) is 1.00. The molecule has 1 rings (SSSR count). The molecule has 1 aliphatic carbocycles. The highest BCUT2D eigenvalue weighted by Crippen LogP contribution is 2.46. The van der Waals surface area contributed by atoms with E-state index >= 15 is 0 Å². The maximum atomic E-state index is 11.8. The Kier molecular flexibility index (Phi) is 3.93. The molecule has 2 unspecified atom stereocenters. The molecule has 90 valence electrons. The third kappa shape index (κ3) is 3.52. The molecule has 0 saturated heterocycles. The quantitative estimate of drug-likeness (QED) is 0.541. The summed E-state index contributed by atoms with van der Waals surface area (Å²) in [6, 6.07) is 0. The summed E-state index contributed by atoms with van der Waals surface area (Å²) < 4.78 is 40.8. The number of halogens is 4. The van der Waals surface area contributed by atoms with E-state index in [0.717, 1.165) is 6.42 Å². The number of hydrogen-bond acceptors (Lipinski definition) is 1. The van der Waals surface area contributed by atoms with Crippen molar-refractivity contribution in [2.24, 2.45) is 5.41 Å². The molecule has 0 bridgehead atoms. The van der Waals surface area contributed by atoms with Crippen molar-refractivity contribution in [2.45, 2.75) is 50.8 Å². The van der Waals surface area contributed by atoms with Crippen LogP contribution in [0, 0.1) is 5.41 Å². The molecule has 0 radical (unpaired) electrons. The Balaban J connectivity index is 2.12. The van der Waals surface area contributed by atoms with Gasteiger partial charge in [0, 0.05) is 23.8 Å². The van der Waals surface area contributed by atoms with Crippen LogP contribution in [0.3, 0.4) is 0 Å². The molecule has 1 aliphatic rings. The third-order valence-corrected chi connectivity index (χ3v) is 3.72. The zero-order valence-electron chi connectivity index (χ0n) is 8.90. The summed E-state index contributed by atoms with van der Waals surface area (Å²) >= 11 is 5.96. The van der Waals surface area contributed by atoms with E-state index in [9.17, 15) is 13.2 Å². The van der Waals surface area contributed by atoms with Gasteiger partial charge < -0.3 is 4.74 Å². The van der Waals surface area contributed by atoms with Crippen molar-refractivity contribution in [1.29, 1.82) is 0 Å². The summed E-state index contributed by atoms with van der Waals surface area (Å²) in [6.45, 7) is 4.11. The Bertz CT molecular complexity index is 215. The van der Waals surface area contributed by atoms with E-state index in [1.165, 1.54) is 0 Å². The molecule has 1 nitrogen and oxygen atoms in total. The summed E-state index contributed by atoms with van der Waals surface area (Å²) in [7, 11) is 0. The van der Waals surface area contributed by atoms with E-state index in [1.54, 1.807) is 0 Å². The second kappa shape index (κ2) is 4.50. The smallest absolute Gasteiger partial charge is 0.378 e.